The summed E-state index contributed by atoms with van der Waals surface area (Å²) in [6, 6.07) is 8.29. The molecule has 1 aromatic heterocycles. The van der Waals surface area contributed by atoms with Gasteiger partial charge in [-0.3, -0.25) is 9.59 Å². The molecule has 1 aromatic carbocycles. The zero-order valence-electron chi connectivity index (χ0n) is 15.7. The zero-order chi connectivity index (χ0) is 19.4. The van der Waals surface area contributed by atoms with Gasteiger partial charge in [-0.2, -0.15) is 0 Å². The molecule has 1 atom stereocenters. The van der Waals surface area contributed by atoms with E-state index in [1.165, 1.54) is 6.26 Å². The van der Waals surface area contributed by atoms with Gasteiger partial charge >= 0.3 is 0 Å². The van der Waals surface area contributed by atoms with Crippen LogP contribution in [0.2, 0.25) is 0 Å². The maximum absolute atomic E-state index is 12.4. The second-order valence-corrected chi connectivity index (χ2v) is 7.13. The Morgan fingerprint density at radius 3 is 2.59 bits per heavy atom. The van der Waals surface area contributed by atoms with E-state index in [1.807, 2.05) is 32.0 Å². The normalized spacial score (nSPS) is 14.3. The van der Waals surface area contributed by atoms with Crippen molar-refractivity contribution in [2.75, 3.05) is 19.8 Å². The van der Waals surface area contributed by atoms with Crippen molar-refractivity contribution in [2.24, 2.45) is 0 Å². The monoisotopic (exact) mass is 372 g/mol. The first-order chi connectivity index (χ1) is 12.9. The van der Waals surface area contributed by atoms with Crippen molar-refractivity contribution in [3.05, 3.63) is 47.9 Å². The molecule has 2 heterocycles. The van der Waals surface area contributed by atoms with Crippen LogP contribution in [0.15, 0.2) is 41.0 Å². The summed E-state index contributed by atoms with van der Waals surface area (Å²) < 4.78 is 16.2. The first-order valence-electron chi connectivity index (χ1n) is 8.89. The van der Waals surface area contributed by atoms with Crippen molar-refractivity contribution < 1.29 is 23.5 Å². The first kappa shape index (κ1) is 18.8. The van der Waals surface area contributed by atoms with Crippen LogP contribution in [0.4, 0.5) is 0 Å². The van der Waals surface area contributed by atoms with E-state index in [-0.39, 0.29) is 17.1 Å². The lowest BCUT2D eigenvalue weighted by Gasteiger charge is -2.28. The summed E-state index contributed by atoms with van der Waals surface area (Å²) >= 11 is 0. The number of nitrogens with one attached hydrogen (secondary N) is 2. The molecule has 2 aromatic rings. The highest BCUT2D eigenvalue weighted by molar-refractivity contribution is 5.95. The number of rotatable bonds is 6. The predicted octanol–water partition coefficient (Wildman–Crippen LogP) is 2.26. The van der Waals surface area contributed by atoms with Gasteiger partial charge in [0, 0.05) is 12.0 Å². The van der Waals surface area contributed by atoms with Crippen LogP contribution >= 0.6 is 0 Å². The molecule has 0 fully saturated rings. The lowest BCUT2D eigenvalue weighted by molar-refractivity contribution is -0.122. The number of furan rings is 1. The minimum Gasteiger partial charge on any atom is -0.486 e. The molecule has 7 nitrogen and oxygen atoms in total. The van der Waals surface area contributed by atoms with E-state index in [0.29, 0.717) is 19.8 Å². The summed E-state index contributed by atoms with van der Waals surface area (Å²) in [4.78, 5) is 24.3. The minimum absolute atomic E-state index is 0.172. The zero-order valence-corrected chi connectivity index (χ0v) is 15.7. The van der Waals surface area contributed by atoms with E-state index in [9.17, 15) is 9.59 Å². The van der Waals surface area contributed by atoms with Gasteiger partial charge in [0.2, 0.25) is 5.91 Å². The second kappa shape index (κ2) is 7.73. The van der Waals surface area contributed by atoms with Crippen LogP contribution in [-0.2, 0) is 10.2 Å². The van der Waals surface area contributed by atoms with Crippen molar-refractivity contribution in [3.8, 4) is 11.5 Å². The van der Waals surface area contributed by atoms with Crippen LogP contribution in [0.3, 0.4) is 0 Å². The van der Waals surface area contributed by atoms with Crippen molar-refractivity contribution >= 4 is 11.8 Å². The number of benzene rings is 1. The van der Waals surface area contributed by atoms with Gasteiger partial charge in [-0.15, -0.1) is 0 Å². The van der Waals surface area contributed by atoms with Crippen LogP contribution < -0.4 is 20.1 Å². The van der Waals surface area contributed by atoms with E-state index in [1.54, 1.807) is 19.1 Å². The SMILES string of the molecule is CC(NC(=O)c1ccco1)C(=O)NCC(C)(C)c1ccc2c(c1)OCCO2. The lowest BCUT2D eigenvalue weighted by atomic mass is 9.84. The molecule has 0 saturated carbocycles. The van der Waals surface area contributed by atoms with Gasteiger partial charge in [0.1, 0.15) is 19.3 Å². The van der Waals surface area contributed by atoms with Crippen LogP contribution in [0.5, 0.6) is 11.5 Å². The van der Waals surface area contributed by atoms with Gasteiger partial charge in [0.15, 0.2) is 17.3 Å². The number of carbonyl (C=O) groups excluding carboxylic acids is 2. The molecule has 0 radical (unpaired) electrons. The molecular weight excluding hydrogens is 348 g/mol. The van der Waals surface area contributed by atoms with Crippen LogP contribution in [0, 0.1) is 0 Å². The Hall–Kier alpha value is -2.96. The summed E-state index contributed by atoms with van der Waals surface area (Å²) in [5, 5.41) is 5.51. The van der Waals surface area contributed by atoms with E-state index in [0.717, 1.165) is 17.1 Å². The smallest absolute Gasteiger partial charge is 0.287 e. The minimum atomic E-state index is -0.682. The standard InChI is InChI=1S/C20H24N2O5/c1-13(22-19(24)16-5-4-8-25-16)18(23)21-12-20(2,3)14-6-7-15-17(11-14)27-10-9-26-15/h4-8,11,13H,9-10,12H2,1-3H3,(H,21,23)(H,22,24). The van der Waals surface area contributed by atoms with Gasteiger partial charge in [-0.05, 0) is 36.8 Å². The van der Waals surface area contributed by atoms with Crippen molar-refractivity contribution in [3.63, 3.8) is 0 Å². The maximum atomic E-state index is 12.4. The largest absolute Gasteiger partial charge is 0.486 e. The number of amides is 2. The molecule has 2 amide bonds. The van der Waals surface area contributed by atoms with Gasteiger partial charge in [0.25, 0.3) is 5.91 Å². The fourth-order valence-electron chi connectivity index (χ4n) is 2.77. The Balaban J connectivity index is 1.57. The summed E-state index contributed by atoms with van der Waals surface area (Å²) in [5.74, 6) is 0.942. The highest BCUT2D eigenvalue weighted by Gasteiger charge is 2.26. The Kier molecular flexibility index (Phi) is 5.39. The number of carbonyl (C=O) groups is 2. The van der Waals surface area contributed by atoms with E-state index < -0.39 is 11.9 Å². The average molecular weight is 372 g/mol. The summed E-state index contributed by atoms with van der Waals surface area (Å²) in [6.45, 7) is 7.18. The van der Waals surface area contributed by atoms with E-state index in [2.05, 4.69) is 10.6 Å². The highest BCUT2D eigenvalue weighted by atomic mass is 16.6. The molecule has 0 bridgehead atoms. The lowest BCUT2D eigenvalue weighted by Crippen LogP contribution is -2.47. The van der Waals surface area contributed by atoms with E-state index >= 15 is 0 Å². The fraction of sp³-hybridized carbons (Fsp3) is 0.400. The van der Waals surface area contributed by atoms with Crippen LogP contribution in [0.1, 0.15) is 36.9 Å². The second-order valence-electron chi connectivity index (χ2n) is 7.13. The summed E-state index contributed by atoms with van der Waals surface area (Å²) in [7, 11) is 0. The molecule has 0 spiro atoms. The highest BCUT2D eigenvalue weighted by Crippen LogP contribution is 2.34. The average Bonchev–Trinajstić information content (AvgIpc) is 3.20. The quantitative estimate of drug-likeness (QED) is 0.812. The Bertz CT molecular complexity index is 814. The van der Waals surface area contributed by atoms with Crippen LogP contribution in [0.25, 0.3) is 0 Å². The van der Waals surface area contributed by atoms with Gasteiger partial charge in [0.05, 0.1) is 6.26 Å². The number of fused-ring (bicyclic) bond motifs is 1. The molecule has 2 N–H and O–H groups in total. The van der Waals surface area contributed by atoms with Crippen molar-refractivity contribution in [2.45, 2.75) is 32.2 Å². The molecule has 1 unspecified atom stereocenters. The molecular formula is C20H24N2O5. The van der Waals surface area contributed by atoms with Crippen LogP contribution in [-0.4, -0.2) is 37.6 Å². The molecule has 144 valence electrons. The summed E-state index contributed by atoms with van der Waals surface area (Å²) in [5.41, 5.74) is 0.704. The predicted molar refractivity (Wildman–Crippen MR) is 99.1 cm³/mol. The third-order valence-electron chi connectivity index (χ3n) is 4.51. The molecule has 3 rings (SSSR count). The number of hydrogen-bond donors (Lipinski definition) is 2. The third-order valence-corrected chi connectivity index (χ3v) is 4.51. The molecule has 27 heavy (non-hydrogen) atoms. The van der Waals surface area contributed by atoms with Crippen molar-refractivity contribution in [1.82, 2.24) is 10.6 Å². The number of hydrogen-bond acceptors (Lipinski definition) is 5. The molecule has 0 aliphatic carbocycles. The molecule has 1 aliphatic heterocycles. The Morgan fingerprint density at radius 1 is 1.15 bits per heavy atom. The van der Waals surface area contributed by atoms with E-state index in [4.69, 9.17) is 13.9 Å². The third kappa shape index (κ3) is 4.42. The molecule has 0 saturated heterocycles. The Morgan fingerprint density at radius 2 is 1.89 bits per heavy atom. The fourth-order valence-corrected chi connectivity index (χ4v) is 2.77. The van der Waals surface area contributed by atoms with Crippen molar-refractivity contribution in [1.29, 1.82) is 0 Å². The number of ether oxygens (including phenoxy) is 2. The maximum Gasteiger partial charge on any atom is 0.287 e. The topological polar surface area (TPSA) is 89.8 Å². The molecule has 1 aliphatic rings. The van der Waals surface area contributed by atoms with Gasteiger partial charge < -0.3 is 24.5 Å². The molecule has 7 heteroatoms. The first-order valence-corrected chi connectivity index (χ1v) is 8.89. The van der Waals surface area contributed by atoms with Gasteiger partial charge in [-0.1, -0.05) is 19.9 Å². The Labute approximate surface area is 158 Å². The van der Waals surface area contributed by atoms with Gasteiger partial charge in [-0.25, -0.2) is 0 Å². The summed E-state index contributed by atoms with van der Waals surface area (Å²) in [6.07, 6.45) is 1.41.